The first-order valence-corrected chi connectivity index (χ1v) is 11.3. The number of amides is 1. The van der Waals surface area contributed by atoms with Crippen molar-refractivity contribution in [3.63, 3.8) is 0 Å². The first-order valence-electron chi connectivity index (χ1n) is 8.46. The maximum atomic E-state index is 12.1. The number of rotatable bonds is 2. The normalized spacial score (nSPS) is 25.0. The fourth-order valence-corrected chi connectivity index (χ4v) is 6.78. The average molecular weight is 396 g/mol. The highest BCUT2D eigenvalue weighted by molar-refractivity contribution is 8.00. The molecule has 2 aromatic rings. The predicted octanol–water partition coefficient (Wildman–Crippen LogP) is 1.37. The Labute approximate surface area is 156 Å². The van der Waals surface area contributed by atoms with Crippen LogP contribution in [0.3, 0.4) is 0 Å². The molecule has 0 aromatic carbocycles. The quantitative estimate of drug-likeness (QED) is 0.825. The maximum absolute atomic E-state index is 12.1. The summed E-state index contributed by atoms with van der Waals surface area (Å²) in [5, 5.41) is 11.8. The van der Waals surface area contributed by atoms with Gasteiger partial charge in [0, 0.05) is 23.9 Å². The summed E-state index contributed by atoms with van der Waals surface area (Å²) in [7, 11) is -1.18. The van der Waals surface area contributed by atoms with Gasteiger partial charge in [-0.3, -0.25) is 14.2 Å². The lowest BCUT2D eigenvalue weighted by Gasteiger charge is -2.16. The van der Waals surface area contributed by atoms with E-state index in [4.69, 9.17) is 0 Å². The van der Waals surface area contributed by atoms with E-state index in [2.05, 4.69) is 15.5 Å². The SMILES string of the molecule is Cc1nn([C@@H]2CCS(=O)(=O)C2)c(C)c1[C@@H]1SCC(=O)Nc2c1cnn2C. The largest absolute Gasteiger partial charge is 0.310 e. The molecule has 0 radical (unpaired) electrons. The fourth-order valence-electron chi connectivity index (χ4n) is 3.83. The van der Waals surface area contributed by atoms with Gasteiger partial charge in [-0.05, 0) is 20.3 Å². The van der Waals surface area contributed by atoms with Crippen LogP contribution in [0.15, 0.2) is 6.20 Å². The number of hydrogen-bond donors (Lipinski definition) is 1. The van der Waals surface area contributed by atoms with Crippen LogP contribution in [0.5, 0.6) is 0 Å². The van der Waals surface area contributed by atoms with Crippen LogP contribution in [0, 0.1) is 13.8 Å². The Balaban J connectivity index is 1.78. The fraction of sp³-hybridized carbons (Fsp3) is 0.562. The predicted molar refractivity (Wildman–Crippen MR) is 100 cm³/mol. The Bertz CT molecular complexity index is 992. The minimum atomic E-state index is -2.98. The van der Waals surface area contributed by atoms with E-state index in [1.54, 1.807) is 29.7 Å². The number of hydrogen-bond acceptors (Lipinski definition) is 6. The highest BCUT2D eigenvalue weighted by Crippen LogP contribution is 2.44. The van der Waals surface area contributed by atoms with Crippen LogP contribution >= 0.6 is 11.8 Å². The lowest BCUT2D eigenvalue weighted by molar-refractivity contribution is -0.113. The number of aryl methyl sites for hydroxylation is 2. The third-order valence-electron chi connectivity index (χ3n) is 5.09. The second kappa shape index (κ2) is 6.12. The number of fused-ring (bicyclic) bond motifs is 1. The zero-order valence-corrected chi connectivity index (χ0v) is 16.5. The number of aromatic nitrogens is 4. The van der Waals surface area contributed by atoms with Gasteiger partial charge in [-0.25, -0.2) is 8.42 Å². The summed E-state index contributed by atoms with van der Waals surface area (Å²) in [6.07, 6.45) is 2.38. The van der Waals surface area contributed by atoms with Gasteiger partial charge in [-0.1, -0.05) is 0 Å². The topological polar surface area (TPSA) is 98.9 Å². The van der Waals surface area contributed by atoms with Gasteiger partial charge in [0.2, 0.25) is 5.91 Å². The number of nitrogens with one attached hydrogen (secondary N) is 1. The highest BCUT2D eigenvalue weighted by atomic mass is 32.2. The van der Waals surface area contributed by atoms with E-state index in [0.29, 0.717) is 18.0 Å². The molecule has 0 bridgehead atoms. The molecule has 4 heterocycles. The van der Waals surface area contributed by atoms with Gasteiger partial charge >= 0.3 is 0 Å². The van der Waals surface area contributed by atoms with Gasteiger partial charge in [-0.15, -0.1) is 11.8 Å². The standard InChI is InChI=1S/C16H21N5O3S2/c1-9-14(10(2)21(19-9)11-4-5-26(23,24)8-11)15-12-6-17-20(3)16(12)18-13(22)7-25-15/h6,11,15H,4-5,7-8H2,1-3H3,(H,18,22)/t11-,15-/m1/s1. The van der Waals surface area contributed by atoms with Crippen molar-refractivity contribution in [2.75, 3.05) is 22.6 Å². The summed E-state index contributed by atoms with van der Waals surface area (Å²) in [5.41, 5.74) is 3.83. The first-order chi connectivity index (χ1) is 12.3. The molecule has 2 aliphatic heterocycles. The molecule has 0 saturated carbocycles. The first kappa shape index (κ1) is 17.6. The van der Waals surface area contributed by atoms with Crippen molar-refractivity contribution in [3.8, 4) is 0 Å². The monoisotopic (exact) mass is 395 g/mol. The molecule has 0 aliphatic carbocycles. The van der Waals surface area contributed by atoms with Crippen LogP contribution < -0.4 is 5.32 Å². The molecule has 140 valence electrons. The van der Waals surface area contributed by atoms with Crippen molar-refractivity contribution in [3.05, 3.63) is 28.7 Å². The molecule has 1 amide bonds. The van der Waals surface area contributed by atoms with Crippen molar-refractivity contribution in [1.82, 2.24) is 19.6 Å². The smallest absolute Gasteiger partial charge is 0.235 e. The number of carbonyl (C=O) groups excluding carboxylic acids is 1. The van der Waals surface area contributed by atoms with Crippen molar-refractivity contribution >= 4 is 33.3 Å². The van der Waals surface area contributed by atoms with Crippen molar-refractivity contribution in [2.45, 2.75) is 31.6 Å². The van der Waals surface area contributed by atoms with Crippen LogP contribution in [0.25, 0.3) is 0 Å². The van der Waals surface area contributed by atoms with E-state index in [0.717, 1.165) is 22.5 Å². The molecular formula is C16H21N5O3S2. The number of anilines is 1. The summed E-state index contributed by atoms with van der Waals surface area (Å²) in [4.78, 5) is 12.1. The van der Waals surface area contributed by atoms with Gasteiger partial charge < -0.3 is 5.32 Å². The van der Waals surface area contributed by atoms with E-state index in [1.165, 1.54) is 0 Å². The highest BCUT2D eigenvalue weighted by Gasteiger charge is 2.35. The minimum absolute atomic E-state index is 0.0491. The lowest BCUT2D eigenvalue weighted by atomic mass is 10.0. The Morgan fingerprint density at radius 2 is 2.12 bits per heavy atom. The Morgan fingerprint density at radius 1 is 1.35 bits per heavy atom. The number of sulfone groups is 1. The molecule has 26 heavy (non-hydrogen) atoms. The Morgan fingerprint density at radius 3 is 2.81 bits per heavy atom. The molecule has 1 N–H and O–H groups in total. The van der Waals surface area contributed by atoms with E-state index < -0.39 is 9.84 Å². The van der Waals surface area contributed by atoms with Gasteiger partial charge in [0.25, 0.3) is 0 Å². The zero-order valence-electron chi connectivity index (χ0n) is 14.9. The summed E-state index contributed by atoms with van der Waals surface area (Å²) in [6.45, 7) is 3.93. The molecule has 2 aromatic heterocycles. The minimum Gasteiger partial charge on any atom is -0.310 e. The van der Waals surface area contributed by atoms with Crippen LogP contribution in [0.2, 0.25) is 0 Å². The summed E-state index contributed by atoms with van der Waals surface area (Å²) in [6, 6.07) is -0.114. The number of carbonyl (C=O) groups is 1. The molecular weight excluding hydrogens is 374 g/mol. The van der Waals surface area contributed by atoms with Gasteiger partial charge in [0.15, 0.2) is 9.84 Å². The van der Waals surface area contributed by atoms with Crippen LogP contribution in [-0.4, -0.2) is 51.1 Å². The third-order valence-corrected chi connectivity index (χ3v) is 8.09. The summed E-state index contributed by atoms with van der Waals surface area (Å²) >= 11 is 1.55. The van der Waals surface area contributed by atoms with Gasteiger partial charge in [-0.2, -0.15) is 10.2 Å². The zero-order chi connectivity index (χ0) is 18.6. The molecule has 0 unspecified atom stereocenters. The maximum Gasteiger partial charge on any atom is 0.235 e. The molecule has 1 fully saturated rings. The van der Waals surface area contributed by atoms with Crippen molar-refractivity contribution < 1.29 is 13.2 Å². The molecule has 2 aliphatic rings. The van der Waals surface area contributed by atoms with Crippen molar-refractivity contribution in [1.29, 1.82) is 0 Å². The second-order valence-electron chi connectivity index (χ2n) is 6.90. The molecule has 1 saturated heterocycles. The molecule has 8 nitrogen and oxygen atoms in total. The van der Waals surface area contributed by atoms with Crippen LogP contribution in [0.4, 0.5) is 5.82 Å². The molecule has 4 rings (SSSR count). The number of nitrogens with zero attached hydrogens (tertiary/aromatic N) is 4. The van der Waals surface area contributed by atoms with E-state index in [-0.39, 0.29) is 28.7 Å². The third kappa shape index (κ3) is 2.84. The molecule has 0 spiro atoms. The summed E-state index contributed by atoms with van der Waals surface area (Å²) < 4.78 is 27.3. The van der Waals surface area contributed by atoms with E-state index in [1.807, 2.05) is 18.5 Å². The Hall–Kier alpha value is -1.81. The average Bonchev–Trinajstić information content (AvgIpc) is 3.15. The van der Waals surface area contributed by atoms with Gasteiger partial charge in [0.1, 0.15) is 5.82 Å². The second-order valence-corrected chi connectivity index (χ2v) is 10.2. The lowest BCUT2D eigenvalue weighted by Crippen LogP contribution is -2.15. The van der Waals surface area contributed by atoms with Gasteiger partial charge in [0.05, 0.1) is 40.4 Å². The number of thioether (sulfide) groups is 1. The van der Waals surface area contributed by atoms with E-state index in [9.17, 15) is 13.2 Å². The van der Waals surface area contributed by atoms with E-state index >= 15 is 0 Å². The molecule has 10 heteroatoms. The van der Waals surface area contributed by atoms with Crippen LogP contribution in [0.1, 0.15) is 40.2 Å². The van der Waals surface area contributed by atoms with Crippen LogP contribution in [-0.2, 0) is 21.7 Å². The Kier molecular flexibility index (Phi) is 4.14. The molecule has 2 atom stereocenters. The summed E-state index contributed by atoms with van der Waals surface area (Å²) in [5.74, 6) is 1.37. The van der Waals surface area contributed by atoms with Crippen molar-refractivity contribution in [2.24, 2.45) is 7.05 Å².